The lowest BCUT2D eigenvalue weighted by Gasteiger charge is -1.91. The van der Waals surface area contributed by atoms with Crippen LogP contribution >= 0.6 is 11.6 Å². The van der Waals surface area contributed by atoms with Crippen LogP contribution in [-0.4, -0.2) is 19.7 Å². The molecule has 0 atom stereocenters. The van der Waals surface area contributed by atoms with Gasteiger partial charge in [-0.3, -0.25) is 0 Å². The van der Waals surface area contributed by atoms with Gasteiger partial charge in [0, 0.05) is 13.2 Å². The van der Waals surface area contributed by atoms with Gasteiger partial charge in [0.05, 0.1) is 5.39 Å². The maximum Gasteiger partial charge on any atom is 0.224 e. The number of aryl methyl sites for hydroxylation is 1. The van der Waals surface area contributed by atoms with Crippen LogP contribution in [0.4, 0.5) is 0 Å². The second-order valence-corrected chi connectivity index (χ2v) is 2.80. The molecule has 0 fully saturated rings. The predicted molar refractivity (Wildman–Crippen MR) is 46.0 cm³/mol. The van der Waals surface area contributed by atoms with Crippen molar-refractivity contribution in [3.8, 4) is 6.07 Å². The summed E-state index contributed by atoms with van der Waals surface area (Å²) in [7, 11) is 1.70. The fourth-order valence-corrected chi connectivity index (χ4v) is 1.23. The van der Waals surface area contributed by atoms with Gasteiger partial charge in [-0.1, -0.05) is 0 Å². The lowest BCUT2D eigenvalue weighted by atomic mass is 10.3. The van der Waals surface area contributed by atoms with Crippen LogP contribution in [0.25, 0.3) is 11.0 Å². The molecule has 0 N–H and O–H groups in total. The largest absolute Gasteiger partial charge is 0.249 e. The summed E-state index contributed by atoms with van der Waals surface area (Å²) in [6.07, 6.45) is 1.50. The van der Waals surface area contributed by atoms with Gasteiger partial charge in [-0.05, 0) is 11.6 Å². The van der Waals surface area contributed by atoms with Crippen LogP contribution in [0.15, 0.2) is 6.20 Å². The number of fused-ring (bicyclic) bond motifs is 1. The molecule has 0 saturated heterocycles. The Morgan fingerprint density at radius 1 is 1.62 bits per heavy atom. The zero-order valence-corrected chi connectivity index (χ0v) is 7.45. The van der Waals surface area contributed by atoms with Crippen LogP contribution in [0, 0.1) is 11.3 Å². The van der Waals surface area contributed by atoms with Gasteiger partial charge >= 0.3 is 0 Å². The van der Waals surface area contributed by atoms with Gasteiger partial charge < -0.3 is 0 Å². The molecule has 0 unspecified atom stereocenters. The summed E-state index contributed by atoms with van der Waals surface area (Å²) in [5.74, 6) is 0. The second kappa shape index (κ2) is 2.68. The highest BCUT2D eigenvalue weighted by atomic mass is 35.5. The van der Waals surface area contributed by atoms with Crippen LogP contribution in [0.5, 0.6) is 0 Å². The summed E-state index contributed by atoms with van der Waals surface area (Å²) in [6, 6.07) is 1.96. The van der Waals surface area contributed by atoms with Crippen molar-refractivity contribution in [2.75, 3.05) is 0 Å². The molecule has 2 rings (SSSR count). The lowest BCUT2D eigenvalue weighted by molar-refractivity contribution is 0.780. The second-order valence-electron chi connectivity index (χ2n) is 2.46. The minimum Gasteiger partial charge on any atom is -0.249 e. The maximum atomic E-state index is 8.70. The number of rotatable bonds is 0. The molecule has 0 bridgehead atoms. The van der Waals surface area contributed by atoms with Crippen molar-refractivity contribution >= 4 is 22.6 Å². The van der Waals surface area contributed by atoms with Crippen molar-refractivity contribution in [3.05, 3.63) is 17.2 Å². The van der Waals surface area contributed by atoms with Crippen molar-refractivity contribution in [1.29, 1.82) is 5.26 Å². The van der Waals surface area contributed by atoms with E-state index in [0.29, 0.717) is 16.7 Å². The smallest absolute Gasteiger partial charge is 0.224 e. The third-order valence-corrected chi connectivity index (χ3v) is 1.84. The monoisotopic (exact) mass is 193 g/mol. The first-order chi connectivity index (χ1) is 6.22. The fraction of sp³-hybridized carbons (Fsp3) is 0.143. The Kier molecular flexibility index (Phi) is 1.64. The highest BCUT2D eigenvalue weighted by Crippen LogP contribution is 2.15. The molecule has 2 aromatic rings. The Bertz CT molecular complexity index is 509. The van der Waals surface area contributed by atoms with Crippen molar-refractivity contribution < 1.29 is 0 Å². The van der Waals surface area contributed by atoms with E-state index >= 15 is 0 Å². The topological polar surface area (TPSA) is 67.4 Å². The van der Waals surface area contributed by atoms with E-state index in [0.717, 1.165) is 0 Å². The molecule has 0 spiro atoms. The molecular formula is C7H4ClN5. The third-order valence-electron chi connectivity index (χ3n) is 1.66. The van der Waals surface area contributed by atoms with Crippen molar-refractivity contribution in [2.45, 2.75) is 0 Å². The molecule has 0 amide bonds. The molecule has 2 aromatic heterocycles. The zero-order chi connectivity index (χ0) is 9.42. The number of nitrogens with zero attached hydrogens (tertiary/aromatic N) is 5. The molecule has 0 aromatic carbocycles. The normalized spacial score (nSPS) is 10.2. The Morgan fingerprint density at radius 2 is 2.38 bits per heavy atom. The van der Waals surface area contributed by atoms with Crippen LogP contribution in [0.1, 0.15) is 5.69 Å². The Balaban J connectivity index is 2.90. The first-order valence-electron chi connectivity index (χ1n) is 3.47. The van der Waals surface area contributed by atoms with Gasteiger partial charge in [-0.25, -0.2) is 9.67 Å². The van der Waals surface area contributed by atoms with E-state index in [9.17, 15) is 0 Å². The van der Waals surface area contributed by atoms with E-state index in [1.165, 1.54) is 10.9 Å². The molecule has 0 aliphatic carbocycles. The van der Waals surface area contributed by atoms with Crippen molar-refractivity contribution in [1.82, 2.24) is 19.7 Å². The van der Waals surface area contributed by atoms with Crippen LogP contribution < -0.4 is 0 Å². The molecule has 0 aliphatic heterocycles. The Labute approximate surface area is 78.6 Å². The van der Waals surface area contributed by atoms with Gasteiger partial charge in [0.15, 0.2) is 11.3 Å². The van der Waals surface area contributed by atoms with E-state index < -0.39 is 0 Å². The SMILES string of the molecule is Cn1nc(C#N)c2cnc(Cl)nc21. The van der Waals surface area contributed by atoms with Gasteiger partial charge in [0.2, 0.25) is 5.28 Å². The number of hydrogen-bond acceptors (Lipinski definition) is 4. The number of aromatic nitrogens is 4. The number of hydrogen-bond donors (Lipinski definition) is 0. The highest BCUT2D eigenvalue weighted by Gasteiger charge is 2.09. The molecule has 13 heavy (non-hydrogen) atoms. The fourth-order valence-electron chi connectivity index (χ4n) is 1.10. The first-order valence-corrected chi connectivity index (χ1v) is 3.85. The van der Waals surface area contributed by atoms with Gasteiger partial charge in [-0.15, -0.1) is 0 Å². The Hall–Kier alpha value is -1.67. The molecule has 0 radical (unpaired) electrons. The summed E-state index contributed by atoms with van der Waals surface area (Å²) < 4.78 is 1.50. The van der Waals surface area contributed by atoms with E-state index in [1.807, 2.05) is 6.07 Å². The van der Waals surface area contributed by atoms with E-state index in [4.69, 9.17) is 16.9 Å². The summed E-state index contributed by atoms with van der Waals surface area (Å²) in [5.41, 5.74) is 0.880. The van der Waals surface area contributed by atoms with Crippen LogP contribution in [0.2, 0.25) is 5.28 Å². The summed E-state index contributed by atoms with van der Waals surface area (Å²) >= 11 is 5.60. The van der Waals surface area contributed by atoms with E-state index in [-0.39, 0.29) is 5.28 Å². The molecule has 64 valence electrons. The number of halogens is 1. The molecule has 6 heteroatoms. The molecule has 0 aliphatic rings. The minimum atomic E-state index is 0.153. The van der Waals surface area contributed by atoms with Gasteiger partial charge in [0.25, 0.3) is 0 Å². The van der Waals surface area contributed by atoms with Gasteiger partial charge in [0.1, 0.15) is 6.07 Å². The maximum absolute atomic E-state index is 8.70. The zero-order valence-electron chi connectivity index (χ0n) is 6.69. The minimum absolute atomic E-state index is 0.153. The summed E-state index contributed by atoms with van der Waals surface area (Å²) in [6.45, 7) is 0. The predicted octanol–water partition coefficient (Wildman–Crippen LogP) is 0.888. The third kappa shape index (κ3) is 1.12. The van der Waals surface area contributed by atoms with Gasteiger partial charge in [-0.2, -0.15) is 15.3 Å². The van der Waals surface area contributed by atoms with Crippen molar-refractivity contribution in [3.63, 3.8) is 0 Å². The molecular weight excluding hydrogens is 190 g/mol. The first kappa shape index (κ1) is 7.95. The molecule has 0 saturated carbocycles. The average molecular weight is 194 g/mol. The highest BCUT2D eigenvalue weighted by molar-refractivity contribution is 6.28. The lowest BCUT2D eigenvalue weighted by Crippen LogP contribution is -1.92. The average Bonchev–Trinajstić information content (AvgIpc) is 2.43. The molecule has 5 nitrogen and oxygen atoms in total. The van der Waals surface area contributed by atoms with Crippen molar-refractivity contribution in [2.24, 2.45) is 7.05 Å². The van der Waals surface area contributed by atoms with E-state index in [2.05, 4.69) is 15.1 Å². The van der Waals surface area contributed by atoms with Crippen LogP contribution in [0.3, 0.4) is 0 Å². The Morgan fingerprint density at radius 3 is 3.08 bits per heavy atom. The molecule has 2 heterocycles. The van der Waals surface area contributed by atoms with Crippen LogP contribution in [-0.2, 0) is 7.05 Å². The standard InChI is InChI=1S/C7H4ClN5/c1-13-6-4(5(2-9)12-13)3-10-7(8)11-6/h3H,1H3. The number of nitriles is 1. The summed E-state index contributed by atoms with van der Waals surface area (Å²) in [4.78, 5) is 7.73. The van der Waals surface area contributed by atoms with E-state index in [1.54, 1.807) is 7.05 Å². The quantitative estimate of drug-likeness (QED) is 0.583. The summed E-state index contributed by atoms with van der Waals surface area (Å²) in [5, 5.41) is 13.4.